The van der Waals surface area contributed by atoms with Gasteiger partial charge in [0.25, 0.3) is 0 Å². The second-order valence-electron chi connectivity index (χ2n) is 6.30. The maximum Gasteiger partial charge on any atom is 0.232 e. The first-order valence-electron chi connectivity index (χ1n) is 8.40. The van der Waals surface area contributed by atoms with E-state index in [-0.39, 0.29) is 17.9 Å². The smallest absolute Gasteiger partial charge is 0.232 e. The zero-order valence-corrected chi connectivity index (χ0v) is 13.3. The number of amides is 1. The van der Waals surface area contributed by atoms with Crippen LogP contribution in [-0.2, 0) is 4.79 Å². The number of benzene rings is 2. The van der Waals surface area contributed by atoms with Gasteiger partial charge in [-0.15, -0.1) is 0 Å². The second-order valence-corrected chi connectivity index (χ2v) is 6.30. The molecule has 1 saturated carbocycles. The molecule has 0 heterocycles. The lowest BCUT2D eigenvalue weighted by Gasteiger charge is -2.24. The molecule has 3 rings (SSSR count). The van der Waals surface area contributed by atoms with E-state index in [0.29, 0.717) is 12.5 Å². The van der Waals surface area contributed by atoms with E-state index >= 15 is 0 Å². The van der Waals surface area contributed by atoms with Gasteiger partial charge in [0.15, 0.2) is 0 Å². The van der Waals surface area contributed by atoms with Gasteiger partial charge in [0.05, 0.1) is 5.92 Å². The number of carbonyl (C=O) groups excluding carboxylic acids is 1. The maximum atomic E-state index is 13.0. The highest BCUT2D eigenvalue weighted by molar-refractivity contribution is 5.87. The molecule has 3 N–H and O–H groups in total. The molecule has 0 aliphatic heterocycles. The molecule has 3 heteroatoms. The van der Waals surface area contributed by atoms with Crippen LogP contribution in [0.2, 0.25) is 0 Å². The molecule has 0 saturated heterocycles. The van der Waals surface area contributed by atoms with Crippen LogP contribution in [0.4, 0.5) is 0 Å². The van der Waals surface area contributed by atoms with Crippen molar-refractivity contribution >= 4 is 5.91 Å². The summed E-state index contributed by atoms with van der Waals surface area (Å²) in [5.74, 6) is 0.218. The first kappa shape index (κ1) is 15.8. The summed E-state index contributed by atoms with van der Waals surface area (Å²) in [5, 5.41) is 3.26. The molecule has 1 aliphatic rings. The van der Waals surface area contributed by atoms with E-state index in [1.54, 1.807) is 0 Å². The Bertz CT molecular complexity index is 587. The van der Waals surface area contributed by atoms with E-state index in [2.05, 4.69) is 5.32 Å². The summed E-state index contributed by atoms with van der Waals surface area (Å²) < 4.78 is 0. The Hall–Kier alpha value is -2.13. The molecule has 0 radical (unpaired) electrons. The number of carbonyl (C=O) groups is 1. The predicted molar refractivity (Wildman–Crippen MR) is 93.1 cm³/mol. The molecular formula is C20H24N2O. The Morgan fingerprint density at radius 3 is 2.09 bits per heavy atom. The van der Waals surface area contributed by atoms with E-state index in [1.807, 2.05) is 60.7 Å². The van der Waals surface area contributed by atoms with Crippen molar-refractivity contribution in [1.29, 1.82) is 0 Å². The van der Waals surface area contributed by atoms with Crippen LogP contribution in [0.1, 0.15) is 36.3 Å². The lowest BCUT2D eigenvalue weighted by atomic mass is 9.90. The zero-order valence-electron chi connectivity index (χ0n) is 13.3. The molecule has 2 aromatic rings. The third-order valence-electron chi connectivity index (χ3n) is 4.82. The molecule has 2 aromatic carbocycles. The second kappa shape index (κ2) is 7.42. The van der Waals surface area contributed by atoms with Gasteiger partial charge in [-0.2, -0.15) is 0 Å². The van der Waals surface area contributed by atoms with Crippen LogP contribution in [0, 0.1) is 5.92 Å². The predicted octanol–water partition coefficient (Wildman–Crippen LogP) is 3.06. The number of hydrogen-bond donors (Lipinski definition) is 2. The Balaban J connectivity index is 1.85. The molecule has 0 spiro atoms. The first-order chi connectivity index (χ1) is 11.3. The van der Waals surface area contributed by atoms with Crippen molar-refractivity contribution in [1.82, 2.24) is 5.32 Å². The molecule has 0 aromatic heterocycles. The van der Waals surface area contributed by atoms with Gasteiger partial charge in [0, 0.05) is 6.04 Å². The topological polar surface area (TPSA) is 55.1 Å². The lowest BCUT2D eigenvalue weighted by Crippen LogP contribution is -2.42. The fourth-order valence-corrected chi connectivity index (χ4v) is 3.56. The highest BCUT2D eigenvalue weighted by Crippen LogP contribution is 2.28. The van der Waals surface area contributed by atoms with Crippen molar-refractivity contribution in [2.75, 3.05) is 6.54 Å². The first-order valence-corrected chi connectivity index (χ1v) is 8.40. The van der Waals surface area contributed by atoms with Gasteiger partial charge in [-0.25, -0.2) is 0 Å². The fraction of sp³-hybridized carbons (Fsp3) is 0.350. The van der Waals surface area contributed by atoms with Crippen LogP contribution in [-0.4, -0.2) is 18.5 Å². The van der Waals surface area contributed by atoms with Crippen molar-refractivity contribution < 1.29 is 4.79 Å². The van der Waals surface area contributed by atoms with Crippen LogP contribution in [0.3, 0.4) is 0 Å². The molecule has 1 aliphatic carbocycles. The van der Waals surface area contributed by atoms with Gasteiger partial charge in [0.2, 0.25) is 5.91 Å². The van der Waals surface area contributed by atoms with Crippen LogP contribution in [0.15, 0.2) is 60.7 Å². The normalized spacial score (nSPS) is 20.6. The minimum absolute atomic E-state index is 0.0766. The van der Waals surface area contributed by atoms with Crippen LogP contribution in [0.25, 0.3) is 0 Å². The van der Waals surface area contributed by atoms with Crippen LogP contribution in [0.5, 0.6) is 0 Å². The van der Waals surface area contributed by atoms with Crippen molar-refractivity contribution in [2.24, 2.45) is 11.7 Å². The Morgan fingerprint density at radius 2 is 1.57 bits per heavy atom. The highest BCUT2D eigenvalue weighted by Gasteiger charge is 2.30. The van der Waals surface area contributed by atoms with Gasteiger partial charge in [0.1, 0.15) is 0 Å². The summed E-state index contributed by atoms with van der Waals surface area (Å²) in [6, 6.07) is 20.2. The molecule has 2 atom stereocenters. The Labute approximate surface area is 137 Å². The molecule has 1 fully saturated rings. The summed E-state index contributed by atoms with van der Waals surface area (Å²) in [5.41, 5.74) is 7.90. The summed E-state index contributed by atoms with van der Waals surface area (Å²) in [6.45, 7) is 0.645. The van der Waals surface area contributed by atoms with Gasteiger partial charge in [-0.05, 0) is 36.4 Å². The number of nitrogens with one attached hydrogen (secondary N) is 1. The number of rotatable bonds is 5. The number of nitrogens with two attached hydrogens (primary N) is 1. The monoisotopic (exact) mass is 308 g/mol. The summed E-state index contributed by atoms with van der Waals surface area (Å²) in [7, 11) is 0. The summed E-state index contributed by atoms with van der Waals surface area (Å²) in [6.07, 6.45) is 3.29. The maximum absolute atomic E-state index is 13.0. The zero-order chi connectivity index (χ0) is 16.1. The molecule has 0 bridgehead atoms. The van der Waals surface area contributed by atoms with Gasteiger partial charge in [-0.3, -0.25) is 4.79 Å². The minimum atomic E-state index is -0.267. The molecule has 1 amide bonds. The third kappa shape index (κ3) is 3.62. The lowest BCUT2D eigenvalue weighted by molar-refractivity contribution is -0.122. The molecule has 120 valence electrons. The highest BCUT2D eigenvalue weighted by atomic mass is 16.2. The summed E-state index contributed by atoms with van der Waals surface area (Å²) in [4.78, 5) is 13.0. The van der Waals surface area contributed by atoms with E-state index in [4.69, 9.17) is 5.73 Å². The molecule has 23 heavy (non-hydrogen) atoms. The fourth-order valence-electron chi connectivity index (χ4n) is 3.56. The van der Waals surface area contributed by atoms with Crippen LogP contribution >= 0.6 is 0 Å². The van der Waals surface area contributed by atoms with E-state index in [0.717, 1.165) is 30.4 Å². The van der Waals surface area contributed by atoms with Gasteiger partial charge >= 0.3 is 0 Å². The third-order valence-corrected chi connectivity index (χ3v) is 4.82. The van der Waals surface area contributed by atoms with Crippen molar-refractivity contribution in [3.8, 4) is 0 Å². The Morgan fingerprint density at radius 1 is 1.00 bits per heavy atom. The number of hydrogen-bond acceptors (Lipinski definition) is 2. The van der Waals surface area contributed by atoms with E-state index in [9.17, 15) is 4.79 Å². The van der Waals surface area contributed by atoms with Crippen molar-refractivity contribution in [3.63, 3.8) is 0 Å². The molecule has 2 unspecified atom stereocenters. The Kier molecular flexibility index (Phi) is 5.09. The van der Waals surface area contributed by atoms with E-state index in [1.165, 1.54) is 0 Å². The van der Waals surface area contributed by atoms with Gasteiger partial charge < -0.3 is 11.1 Å². The average molecular weight is 308 g/mol. The summed E-state index contributed by atoms with van der Waals surface area (Å²) >= 11 is 0. The van der Waals surface area contributed by atoms with Crippen molar-refractivity contribution in [3.05, 3.63) is 71.8 Å². The molecular weight excluding hydrogens is 284 g/mol. The average Bonchev–Trinajstić information content (AvgIpc) is 3.04. The van der Waals surface area contributed by atoms with Gasteiger partial charge in [-0.1, -0.05) is 67.1 Å². The van der Waals surface area contributed by atoms with Crippen molar-refractivity contribution in [2.45, 2.75) is 31.2 Å². The minimum Gasteiger partial charge on any atom is -0.352 e. The van der Waals surface area contributed by atoms with E-state index < -0.39 is 0 Å². The SMILES string of the molecule is NCC1CCCC1NC(=O)C(c1ccccc1)c1ccccc1. The molecule has 3 nitrogen and oxygen atoms in total. The van der Waals surface area contributed by atoms with Crippen LogP contribution < -0.4 is 11.1 Å². The standard InChI is InChI=1S/C20H24N2O/c21-14-17-12-7-13-18(17)22-20(23)19(15-8-3-1-4-9-15)16-10-5-2-6-11-16/h1-6,8-11,17-19H,7,12-14,21H2,(H,22,23). The largest absolute Gasteiger partial charge is 0.352 e. The quantitative estimate of drug-likeness (QED) is 0.892.